The Kier molecular flexibility index (Phi) is 4.23. The van der Waals surface area contributed by atoms with Gasteiger partial charge in [0.1, 0.15) is 0 Å². The van der Waals surface area contributed by atoms with Crippen LogP contribution in [-0.2, 0) is 4.79 Å². The van der Waals surface area contributed by atoms with Gasteiger partial charge in [-0.15, -0.1) is 0 Å². The fourth-order valence-electron chi connectivity index (χ4n) is 1.57. The number of anilines is 1. The number of para-hydroxylation sites is 1. The van der Waals surface area contributed by atoms with E-state index in [1.165, 1.54) is 0 Å². The lowest BCUT2D eigenvalue weighted by Gasteiger charge is -2.05. The predicted octanol–water partition coefficient (Wildman–Crippen LogP) is 3.12. The number of amides is 1. The van der Waals surface area contributed by atoms with Gasteiger partial charge in [-0.25, -0.2) is 0 Å². The van der Waals surface area contributed by atoms with Gasteiger partial charge in [0, 0.05) is 19.3 Å². The number of benzene rings is 1. The lowest BCUT2D eigenvalue weighted by molar-refractivity contribution is -0.119. The number of hydrogen-bond donors (Lipinski definition) is 1. The zero-order chi connectivity index (χ0) is 12.1. The third-order valence-electron chi connectivity index (χ3n) is 2.42. The summed E-state index contributed by atoms with van der Waals surface area (Å²) < 4.78 is 0. The molecule has 0 saturated heterocycles. The summed E-state index contributed by atoms with van der Waals surface area (Å²) in [5, 5.41) is 2.74. The second kappa shape index (κ2) is 5.45. The highest BCUT2D eigenvalue weighted by Crippen LogP contribution is 2.23. The molecule has 2 rings (SSSR count). The van der Waals surface area contributed by atoms with Gasteiger partial charge < -0.3 is 5.32 Å². The molecule has 3 heteroatoms. The van der Waals surface area contributed by atoms with Gasteiger partial charge in [0.15, 0.2) is 5.78 Å². The minimum Gasteiger partial charge on any atom is -0.325 e. The van der Waals surface area contributed by atoms with Crippen molar-refractivity contribution in [3.8, 4) is 0 Å². The molecule has 1 aliphatic rings. The van der Waals surface area contributed by atoms with Crippen molar-refractivity contribution in [3.63, 3.8) is 0 Å². The van der Waals surface area contributed by atoms with Crippen LogP contribution in [0.25, 0.3) is 0 Å². The first-order chi connectivity index (χ1) is 7.68. The molecule has 1 N–H and O–H groups in total. The van der Waals surface area contributed by atoms with Gasteiger partial charge in [0.05, 0.1) is 5.69 Å². The second-order valence-electron chi connectivity index (χ2n) is 3.56. The van der Waals surface area contributed by atoms with Crippen LogP contribution in [0.15, 0.2) is 24.3 Å². The largest absolute Gasteiger partial charge is 0.325 e. The van der Waals surface area contributed by atoms with Gasteiger partial charge in [-0.3, -0.25) is 9.59 Å². The molecule has 0 fully saturated rings. The van der Waals surface area contributed by atoms with Gasteiger partial charge in [-0.2, -0.15) is 0 Å². The first kappa shape index (κ1) is 12.4. The van der Waals surface area contributed by atoms with Crippen LogP contribution in [0, 0.1) is 5.92 Å². The van der Waals surface area contributed by atoms with Gasteiger partial charge in [-0.05, 0) is 12.1 Å². The maximum absolute atomic E-state index is 11.7. The molecule has 1 aromatic rings. The van der Waals surface area contributed by atoms with Gasteiger partial charge in [0.2, 0.25) is 5.91 Å². The normalized spacial score (nSPS) is 18.8. The standard InChI is InChI=1S/C11H11NO2.C2H6.H2/c1-7-6-10(13)8-4-2-3-5-9(8)12-11(7)14;1-2;/h2-5,7H,6H2,1H3,(H,12,14);1-2H3;1H/t7-;;/m0../s1. The summed E-state index contributed by atoms with van der Waals surface area (Å²) in [6.07, 6.45) is 0.294. The lowest BCUT2D eigenvalue weighted by Crippen LogP contribution is -2.18. The van der Waals surface area contributed by atoms with E-state index in [1.807, 2.05) is 19.9 Å². The maximum atomic E-state index is 11.7. The number of rotatable bonds is 0. The van der Waals surface area contributed by atoms with E-state index in [-0.39, 0.29) is 19.0 Å². The predicted molar refractivity (Wildman–Crippen MR) is 66.6 cm³/mol. The number of ketones is 1. The number of Topliss-reactive ketones (excluding diaryl/α,β-unsaturated/α-hetero) is 1. The fourth-order valence-corrected chi connectivity index (χ4v) is 1.57. The van der Waals surface area contributed by atoms with Gasteiger partial charge >= 0.3 is 0 Å². The molecule has 0 unspecified atom stereocenters. The van der Waals surface area contributed by atoms with Crippen LogP contribution >= 0.6 is 0 Å². The Balaban J connectivity index is 0.000000811. The zero-order valence-corrected chi connectivity index (χ0v) is 9.91. The number of carbonyl (C=O) groups excluding carboxylic acids is 2. The molecule has 16 heavy (non-hydrogen) atoms. The average molecular weight is 221 g/mol. The molecule has 1 heterocycles. The van der Waals surface area contributed by atoms with E-state index < -0.39 is 0 Å². The Morgan fingerprint density at radius 2 is 1.88 bits per heavy atom. The lowest BCUT2D eigenvalue weighted by atomic mass is 10.0. The summed E-state index contributed by atoms with van der Waals surface area (Å²) in [4.78, 5) is 23.1. The number of fused-ring (bicyclic) bond motifs is 1. The molecule has 1 aliphatic heterocycles. The second-order valence-corrected chi connectivity index (χ2v) is 3.56. The molecule has 88 valence electrons. The van der Waals surface area contributed by atoms with Crippen LogP contribution in [0.3, 0.4) is 0 Å². The molecule has 0 aliphatic carbocycles. The molecular weight excluding hydrogens is 202 g/mol. The van der Waals surface area contributed by atoms with Crippen molar-refractivity contribution in [3.05, 3.63) is 29.8 Å². The summed E-state index contributed by atoms with van der Waals surface area (Å²) in [5.41, 5.74) is 1.25. The molecule has 0 saturated carbocycles. The van der Waals surface area contributed by atoms with Crippen LogP contribution in [-0.4, -0.2) is 11.7 Å². The molecule has 1 amide bonds. The summed E-state index contributed by atoms with van der Waals surface area (Å²) >= 11 is 0. The first-order valence-corrected chi connectivity index (χ1v) is 5.61. The highest BCUT2D eigenvalue weighted by atomic mass is 16.2. The Bertz CT molecular complexity index is 404. The molecular formula is C13H19NO2. The Morgan fingerprint density at radius 1 is 1.25 bits per heavy atom. The van der Waals surface area contributed by atoms with E-state index >= 15 is 0 Å². The van der Waals surface area contributed by atoms with Crippen molar-refractivity contribution in [2.75, 3.05) is 5.32 Å². The van der Waals surface area contributed by atoms with Crippen molar-refractivity contribution in [1.82, 2.24) is 0 Å². The topological polar surface area (TPSA) is 46.2 Å². The highest BCUT2D eigenvalue weighted by Gasteiger charge is 2.24. The van der Waals surface area contributed by atoms with Gasteiger partial charge in [0.25, 0.3) is 0 Å². The molecule has 0 spiro atoms. The summed E-state index contributed by atoms with van der Waals surface area (Å²) in [6.45, 7) is 5.76. The van der Waals surface area contributed by atoms with E-state index in [2.05, 4.69) is 5.32 Å². The Morgan fingerprint density at radius 3 is 2.56 bits per heavy atom. The van der Waals surface area contributed by atoms with Crippen molar-refractivity contribution >= 4 is 17.4 Å². The average Bonchev–Trinajstić information content (AvgIpc) is 2.41. The minimum atomic E-state index is -0.241. The van der Waals surface area contributed by atoms with Crippen LogP contribution in [0.2, 0.25) is 0 Å². The smallest absolute Gasteiger partial charge is 0.227 e. The third kappa shape index (κ3) is 2.48. The van der Waals surface area contributed by atoms with Crippen molar-refractivity contribution < 1.29 is 11.0 Å². The summed E-state index contributed by atoms with van der Waals surface area (Å²) in [7, 11) is 0. The molecule has 0 aromatic heterocycles. The number of hydrogen-bond acceptors (Lipinski definition) is 2. The van der Waals surface area contributed by atoms with Crippen LogP contribution in [0.1, 0.15) is 39.0 Å². The van der Waals surface area contributed by atoms with Crippen LogP contribution in [0.4, 0.5) is 5.69 Å². The van der Waals surface area contributed by atoms with Crippen LogP contribution < -0.4 is 5.32 Å². The summed E-state index contributed by atoms with van der Waals surface area (Å²) in [5.74, 6) is -0.287. The first-order valence-electron chi connectivity index (χ1n) is 5.61. The van der Waals surface area contributed by atoms with Gasteiger partial charge in [-0.1, -0.05) is 32.9 Å². The van der Waals surface area contributed by atoms with E-state index in [4.69, 9.17) is 0 Å². The van der Waals surface area contributed by atoms with E-state index in [1.54, 1.807) is 25.1 Å². The summed E-state index contributed by atoms with van der Waals surface area (Å²) in [6, 6.07) is 7.11. The Hall–Kier alpha value is -1.64. The SMILES string of the molecule is CC.C[C@H]1CC(=O)c2ccccc2NC1=O.[HH]. The molecule has 0 radical (unpaired) electrons. The minimum absolute atomic E-state index is 0. The monoisotopic (exact) mass is 221 g/mol. The third-order valence-corrected chi connectivity index (χ3v) is 2.42. The fraction of sp³-hybridized carbons (Fsp3) is 0.385. The molecule has 1 atom stereocenters. The quantitative estimate of drug-likeness (QED) is 0.731. The Labute approximate surface area is 97.3 Å². The van der Waals surface area contributed by atoms with E-state index in [9.17, 15) is 9.59 Å². The van der Waals surface area contributed by atoms with Crippen molar-refractivity contribution in [2.24, 2.45) is 5.92 Å². The molecule has 0 bridgehead atoms. The maximum Gasteiger partial charge on any atom is 0.227 e. The molecule has 1 aromatic carbocycles. The zero-order valence-electron chi connectivity index (χ0n) is 9.91. The van der Waals surface area contributed by atoms with Crippen molar-refractivity contribution in [2.45, 2.75) is 27.2 Å². The van der Waals surface area contributed by atoms with E-state index in [0.29, 0.717) is 17.7 Å². The molecule has 3 nitrogen and oxygen atoms in total. The van der Waals surface area contributed by atoms with Crippen LogP contribution in [0.5, 0.6) is 0 Å². The van der Waals surface area contributed by atoms with Crippen molar-refractivity contribution in [1.29, 1.82) is 0 Å². The highest BCUT2D eigenvalue weighted by molar-refractivity contribution is 6.09. The number of nitrogens with one attached hydrogen (secondary N) is 1. The number of carbonyl (C=O) groups is 2. The van der Waals surface area contributed by atoms with E-state index in [0.717, 1.165) is 0 Å².